The van der Waals surface area contributed by atoms with Gasteiger partial charge in [0.15, 0.2) is 5.16 Å². The van der Waals surface area contributed by atoms with E-state index in [1.54, 1.807) is 35.2 Å². The molecule has 2 N–H and O–H groups in total. The Hall–Kier alpha value is -3.17. The molecule has 4 rings (SSSR count). The van der Waals surface area contributed by atoms with E-state index in [-0.39, 0.29) is 17.6 Å². The van der Waals surface area contributed by atoms with E-state index in [4.69, 9.17) is 0 Å². The third kappa shape index (κ3) is 6.43. The van der Waals surface area contributed by atoms with Gasteiger partial charge >= 0.3 is 0 Å². The van der Waals surface area contributed by atoms with Crippen molar-refractivity contribution in [2.75, 3.05) is 24.2 Å². The van der Waals surface area contributed by atoms with Crippen LogP contribution in [-0.2, 0) is 24.9 Å². The quantitative estimate of drug-likeness (QED) is 0.473. The van der Waals surface area contributed by atoms with E-state index in [9.17, 15) is 9.59 Å². The van der Waals surface area contributed by atoms with Crippen molar-refractivity contribution in [3.05, 3.63) is 71.5 Å². The minimum Gasteiger partial charge on any atom is -0.348 e. The van der Waals surface area contributed by atoms with Gasteiger partial charge in [0.1, 0.15) is 6.33 Å². The predicted molar refractivity (Wildman–Crippen MR) is 129 cm³/mol. The first-order valence-corrected chi connectivity index (χ1v) is 12.0. The van der Waals surface area contributed by atoms with Gasteiger partial charge in [-0.05, 0) is 61.3 Å². The lowest BCUT2D eigenvalue weighted by molar-refractivity contribution is -0.113. The smallest absolute Gasteiger partial charge is 0.251 e. The molecule has 1 aliphatic heterocycles. The van der Waals surface area contributed by atoms with Gasteiger partial charge in [0.25, 0.3) is 5.91 Å². The molecule has 1 saturated heterocycles. The fourth-order valence-corrected chi connectivity index (χ4v) is 4.47. The summed E-state index contributed by atoms with van der Waals surface area (Å²) < 4.78 is 1.76. The molecule has 8 nitrogen and oxygen atoms in total. The van der Waals surface area contributed by atoms with E-state index in [0.717, 1.165) is 25.2 Å². The molecule has 0 unspecified atom stereocenters. The van der Waals surface area contributed by atoms with Crippen molar-refractivity contribution < 1.29 is 9.59 Å². The van der Waals surface area contributed by atoms with Crippen molar-refractivity contribution in [3.63, 3.8) is 0 Å². The summed E-state index contributed by atoms with van der Waals surface area (Å²) in [7, 11) is 1.83. The van der Waals surface area contributed by atoms with Crippen LogP contribution in [0.2, 0.25) is 0 Å². The number of amides is 2. The van der Waals surface area contributed by atoms with Crippen LogP contribution in [0.25, 0.3) is 0 Å². The Morgan fingerprint density at radius 1 is 1.03 bits per heavy atom. The number of hydrogen-bond acceptors (Lipinski definition) is 6. The largest absolute Gasteiger partial charge is 0.348 e. The molecule has 1 aliphatic rings. The molecule has 2 heterocycles. The Kier molecular flexibility index (Phi) is 7.74. The van der Waals surface area contributed by atoms with E-state index < -0.39 is 0 Å². The molecule has 0 bridgehead atoms. The van der Waals surface area contributed by atoms with Gasteiger partial charge < -0.3 is 15.2 Å². The molecule has 0 radical (unpaired) electrons. The molecule has 0 saturated carbocycles. The third-order valence-corrected chi connectivity index (χ3v) is 6.62. The van der Waals surface area contributed by atoms with E-state index in [1.165, 1.54) is 30.2 Å². The first-order chi connectivity index (χ1) is 16.1. The second-order valence-electron chi connectivity index (χ2n) is 8.07. The number of aryl methyl sites for hydroxylation is 1. The van der Waals surface area contributed by atoms with Crippen LogP contribution in [0.15, 0.2) is 60.0 Å². The molecule has 9 heteroatoms. The van der Waals surface area contributed by atoms with Gasteiger partial charge in [0.05, 0.1) is 5.75 Å². The van der Waals surface area contributed by atoms with E-state index >= 15 is 0 Å². The molecule has 3 aromatic rings. The van der Waals surface area contributed by atoms with Crippen molar-refractivity contribution in [1.82, 2.24) is 25.0 Å². The number of aromatic nitrogens is 3. The minimum atomic E-state index is -0.144. The second kappa shape index (κ2) is 11.1. The minimum absolute atomic E-state index is 0.137. The Morgan fingerprint density at radius 3 is 2.45 bits per heavy atom. The highest BCUT2D eigenvalue weighted by Crippen LogP contribution is 2.17. The summed E-state index contributed by atoms with van der Waals surface area (Å²) in [4.78, 5) is 27.3. The van der Waals surface area contributed by atoms with Gasteiger partial charge in [-0.2, -0.15) is 0 Å². The molecule has 1 fully saturated rings. The van der Waals surface area contributed by atoms with Crippen LogP contribution in [-0.4, -0.2) is 50.3 Å². The maximum atomic E-state index is 12.6. The zero-order valence-electron chi connectivity index (χ0n) is 18.7. The van der Waals surface area contributed by atoms with Gasteiger partial charge in [-0.15, -0.1) is 10.2 Å². The van der Waals surface area contributed by atoms with E-state index in [0.29, 0.717) is 23.0 Å². The molecule has 0 atom stereocenters. The maximum Gasteiger partial charge on any atom is 0.251 e. The van der Waals surface area contributed by atoms with Crippen molar-refractivity contribution in [1.29, 1.82) is 0 Å². The van der Waals surface area contributed by atoms with Gasteiger partial charge in [-0.25, -0.2) is 0 Å². The third-order valence-electron chi connectivity index (χ3n) is 5.58. The predicted octanol–water partition coefficient (Wildman–Crippen LogP) is 3.07. The van der Waals surface area contributed by atoms with Crippen molar-refractivity contribution in [2.45, 2.75) is 31.1 Å². The molecule has 1 aromatic heterocycles. The summed E-state index contributed by atoms with van der Waals surface area (Å²) in [5, 5.41) is 14.3. The molecule has 33 heavy (non-hydrogen) atoms. The van der Waals surface area contributed by atoms with Crippen LogP contribution in [0, 0.1) is 0 Å². The lowest BCUT2D eigenvalue weighted by atomic mass is 10.1. The summed E-state index contributed by atoms with van der Waals surface area (Å²) >= 11 is 1.31. The number of rotatable bonds is 9. The van der Waals surface area contributed by atoms with E-state index in [2.05, 4.69) is 43.9 Å². The summed E-state index contributed by atoms with van der Waals surface area (Å²) in [5.41, 5.74) is 3.60. The lowest BCUT2D eigenvalue weighted by Gasteiger charge is -2.17. The second-order valence-corrected chi connectivity index (χ2v) is 9.02. The molecule has 172 valence electrons. The van der Waals surface area contributed by atoms with Crippen LogP contribution in [0.5, 0.6) is 0 Å². The Balaban J connectivity index is 1.27. The first kappa shape index (κ1) is 23.0. The van der Waals surface area contributed by atoms with Crippen molar-refractivity contribution in [2.24, 2.45) is 7.05 Å². The van der Waals surface area contributed by atoms with Gasteiger partial charge in [0.2, 0.25) is 5.91 Å². The van der Waals surface area contributed by atoms with Crippen LogP contribution in [0.1, 0.15) is 34.3 Å². The molecule has 0 spiro atoms. The van der Waals surface area contributed by atoms with Gasteiger partial charge in [-0.3, -0.25) is 14.5 Å². The number of carbonyl (C=O) groups excluding carboxylic acids is 2. The van der Waals surface area contributed by atoms with Gasteiger partial charge in [0, 0.05) is 31.4 Å². The Labute approximate surface area is 197 Å². The van der Waals surface area contributed by atoms with Crippen molar-refractivity contribution >= 4 is 29.3 Å². The standard InChI is InChI=1S/C24H28N6O2S/c1-29-17-26-28-24(29)33-16-22(31)27-21-10-8-18(9-11-21)23(32)25-14-19-6-2-3-7-20(19)15-30-12-4-5-13-30/h2-3,6-11,17H,4-5,12-16H2,1H3,(H,25,32)(H,27,31). The molecular weight excluding hydrogens is 436 g/mol. The summed E-state index contributed by atoms with van der Waals surface area (Å²) in [6.45, 7) is 3.70. The topological polar surface area (TPSA) is 92.1 Å². The van der Waals surface area contributed by atoms with E-state index in [1.807, 2.05) is 13.1 Å². The number of benzene rings is 2. The average molecular weight is 465 g/mol. The number of nitrogens with zero attached hydrogens (tertiary/aromatic N) is 4. The van der Waals surface area contributed by atoms with Crippen LogP contribution < -0.4 is 10.6 Å². The lowest BCUT2D eigenvalue weighted by Crippen LogP contribution is -2.25. The zero-order valence-corrected chi connectivity index (χ0v) is 19.5. The Morgan fingerprint density at radius 2 is 1.76 bits per heavy atom. The summed E-state index contributed by atoms with van der Waals surface area (Å²) in [5.74, 6) is -0.0532. The highest BCUT2D eigenvalue weighted by molar-refractivity contribution is 7.99. The first-order valence-electron chi connectivity index (χ1n) is 11.0. The molecular formula is C24H28N6O2S. The number of thioether (sulfide) groups is 1. The van der Waals surface area contributed by atoms with Crippen LogP contribution >= 0.6 is 11.8 Å². The van der Waals surface area contributed by atoms with Gasteiger partial charge in [-0.1, -0.05) is 36.0 Å². The fourth-order valence-electron chi connectivity index (χ4n) is 3.78. The number of carbonyl (C=O) groups is 2. The normalized spacial score (nSPS) is 13.7. The van der Waals surface area contributed by atoms with Crippen molar-refractivity contribution in [3.8, 4) is 0 Å². The average Bonchev–Trinajstić information content (AvgIpc) is 3.49. The molecule has 2 amide bonds. The number of anilines is 1. The summed E-state index contributed by atoms with van der Waals surface area (Å²) in [6.07, 6.45) is 4.11. The maximum absolute atomic E-state index is 12.6. The summed E-state index contributed by atoms with van der Waals surface area (Å²) in [6, 6.07) is 15.2. The molecule has 0 aliphatic carbocycles. The highest BCUT2D eigenvalue weighted by atomic mass is 32.2. The Bertz CT molecular complexity index is 1090. The molecule has 2 aromatic carbocycles. The van der Waals surface area contributed by atoms with Crippen LogP contribution in [0.3, 0.4) is 0 Å². The number of nitrogens with one attached hydrogen (secondary N) is 2. The fraction of sp³-hybridized carbons (Fsp3) is 0.333. The number of likely N-dealkylation sites (tertiary alicyclic amines) is 1. The zero-order chi connectivity index (χ0) is 23.0. The monoisotopic (exact) mass is 464 g/mol. The SMILES string of the molecule is Cn1cnnc1SCC(=O)Nc1ccc(C(=O)NCc2ccccc2CN2CCCC2)cc1. The highest BCUT2D eigenvalue weighted by Gasteiger charge is 2.14. The number of hydrogen-bond donors (Lipinski definition) is 2. The van der Waals surface area contributed by atoms with Crippen LogP contribution in [0.4, 0.5) is 5.69 Å².